The van der Waals surface area contributed by atoms with E-state index in [-0.39, 0.29) is 12.5 Å². The van der Waals surface area contributed by atoms with Crippen molar-refractivity contribution in [2.24, 2.45) is 0 Å². The fourth-order valence-corrected chi connectivity index (χ4v) is 2.64. The Hall–Kier alpha value is -1.37. The SMILES string of the molecule is Nc1cnn(CC(=O)N2CCS(=O)CC2)c1. The molecule has 2 heterocycles. The molecule has 6 nitrogen and oxygen atoms in total. The van der Waals surface area contributed by atoms with Crippen LogP contribution < -0.4 is 5.73 Å². The van der Waals surface area contributed by atoms with Crippen LogP contribution in [0.2, 0.25) is 0 Å². The van der Waals surface area contributed by atoms with E-state index in [0.29, 0.717) is 30.3 Å². The smallest absolute Gasteiger partial charge is 0.244 e. The second-order valence-electron chi connectivity index (χ2n) is 3.70. The highest BCUT2D eigenvalue weighted by atomic mass is 32.2. The molecule has 0 unspecified atom stereocenters. The van der Waals surface area contributed by atoms with E-state index in [1.165, 1.54) is 10.9 Å². The normalized spacial score (nSPS) is 17.6. The minimum absolute atomic E-state index is 0.000185. The molecule has 1 fully saturated rings. The van der Waals surface area contributed by atoms with Gasteiger partial charge in [0.05, 0.1) is 11.9 Å². The Labute approximate surface area is 95.9 Å². The third-order valence-corrected chi connectivity index (χ3v) is 3.76. The van der Waals surface area contributed by atoms with Crippen LogP contribution in [0.5, 0.6) is 0 Å². The van der Waals surface area contributed by atoms with E-state index in [4.69, 9.17) is 5.73 Å². The maximum atomic E-state index is 11.8. The highest BCUT2D eigenvalue weighted by Crippen LogP contribution is 2.03. The Bertz CT molecular complexity index is 407. The molecule has 0 spiro atoms. The van der Waals surface area contributed by atoms with Crippen molar-refractivity contribution in [3.8, 4) is 0 Å². The van der Waals surface area contributed by atoms with E-state index in [2.05, 4.69) is 5.10 Å². The summed E-state index contributed by atoms with van der Waals surface area (Å²) in [4.78, 5) is 13.5. The number of hydrogen-bond donors (Lipinski definition) is 1. The Balaban J connectivity index is 1.91. The van der Waals surface area contributed by atoms with Crippen molar-refractivity contribution in [1.82, 2.24) is 14.7 Å². The first kappa shape index (κ1) is 11.1. The van der Waals surface area contributed by atoms with Crippen LogP contribution in [-0.4, -0.2) is 49.4 Å². The zero-order valence-corrected chi connectivity index (χ0v) is 9.65. The topological polar surface area (TPSA) is 81.2 Å². The first-order chi connectivity index (χ1) is 7.65. The number of nitrogens with zero attached hydrogens (tertiary/aromatic N) is 3. The molecule has 0 saturated carbocycles. The number of carbonyl (C=O) groups is 1. The Morgan fingerprint density at radius 2 is 2.19 bits per heavy atom. The Morgan fingerprint density at radius 1 is 1.50 bits per heavy atom. The quantitative estimate of drug-likeness (QED) is 0.725. The van der Waals surface area contributed by atoms with E-state index in [0.717, 1.165) is 0 Å². The van der Waals surface area contributed by atoms with Crippen molar-refractivity contribution >= 4 is 22.4 Å². The van der Waals surface area contributed by atoms with E-state index in [1.54, 1.807) is 11.1 Å². The maximum absolute atomic E-state index is 11.8. The number of anilines is 1. The lowest BCUT2D eigenvalue weighted by Gasteiger charge is -2.26. The molecular weight excluding hydrogens is 228 g/mol. The lowest BCUT2D eigenvalue weighted by Crippen LogP contribution is -2.43. The van der Waals surface area contributed by atoms with Crippen LogP contribution in [-0.2, 0) is 22.1 Å². The number of rotatable bonds is 2. The van der Waals surface area contributed by atoms with Crippen molar-refractivity contribution in [3.05, 3.63) is 12.4 Å². The molecule has 0 radical (unpaired) electrons. The first-order valence-corrected chi connectivity index (χ1v) is 6.54. The summed E-state index contributed by atoms with van der Waals surface area (Å²) in [5, 5.41) is 3.95. The monoisotopic (exact) mass is 242 g/mol. The molecule has 1 aromatic rings. The average molecular weight is 242 g/mol. The lowest BCUT2D eigenvalue weighted by atomic mass is 10.4. The van der Waals surface area contributed by atoms with Crippen molar-refractivity contribution in [1.29, 1.82) is 0 Å². The van der Waals surface area contributed by atoms with Gasteiger partial charge in [0.1, 0.15) is 6.54 Å². The van der Waals surface area contributed by atoms with E-state index in [9.17, 15) is 9.00 Å². The van der Waals surface area contributed by atoms with Crippen LogP contribution in [0.1, 0.15) is 0 Å². The zero-order valence-electron chi connectivity index (χ0n) is 8.83. The van der Waals surface area contributed by atoms with Gasteiger partial charge in [0.2, 0.25) is 5.91 Å². The van der Waals surface area contributed by atoms with Crippen LogP contribution in [0.3, 0.4) is 0 Å². The standard InChI is InChI=1S/C9H14N4O2S/c10-8-5-11-13(6-8)7-9(14)12-1-3-16(15)4-2-12/h5-6H,1-4,7,10H2. The van der Waals surface area contributed by atoms with Crippen LogP contribution >= 0.6 is 0 Å². The van der Waals surface area contributed by atoms with Gasteiger partial charge in [-0.05, 0) is 0 Å². The molecule has 88 valence electrons. The van der Waals surface area contributed by atoms with E-state index in [1.807, 2.05) is 0 Å². The highest BCUT2D eigenvalue weighted by Gasteiger charge is 2.20. The largest absolute Gasteiger partial charge is 0.396 e. The van der Waals surface area contributed by atoms with Gasteiger partial charge >= 0.3 is 0 Å². The van der Waals surface area contributed by atoms with Crippen molar-refractivity contribution < 1.29 is 9.00 Å². The Morgan fingerprint density at radius 3 is 2.75 bits per heavy atom. The molecule has 2 rings (SSSR count). The summed E-state index contributed by atoms with van der Waals surface area (Å²) in [6.45, 7) is 1.34. The molecule has 0 aliphatic carbocycles. The highest BCUT2D eigenvalue weighted by molar-refractivity contribution is 7.85. The third-order valence-electron chi connectivity index (χ3n) is 2.48. The van der Waals surface area contributed by atoms with E-state index >= 15 is 0 Å². The fraction of sp³-hybridized carbons (Fsp3) is 0.556. The number of nitrogens with two attached hydrogens (primary N) is 1. The average Bonchev–Trinajstić information content (AvgIpc) is 2.65. The van der Waals surface area contributed by atoms with Gasteiger partial charge in [0, 0.05) is 41.6 Å². The van der Waals surface area contributed by atoms with Crippen LogP contribution in [0, 0.1) is 0 Å². The molecule has 1 saturated heterocycles. The number of carbonyl (C=O) groups excluding carboxylic acids is 1. The van der Waals surface area contributed by atoms with Gasteiger partial charge in [-0.1, -0.05) is 0 Å². The molecular formula is C9H14N4O2S. The summed E-state index contributed by atoms with van der Waals surface area (Å²) in [5.41, 5.74) is 6.05. The minimum Gasteiger partial charge on any atom is -0.396 e. The lowest BCUT2D eigenvalue weighted by molar-refractivity contribution is -0.131. The van der Waals surface area contributed by atoms with Gasteiger partial charge < -0.3 is 10.6 Å². The van der Waals surface area contributed by atoms with Crippen LogP contribution in [0.25, 0.3) is 0 Å². The second kappa shape index (κ2) is 4.65. The van der Waals surface area contributed by atoms with Gasteiger partial charge in [-0.15, -0.1) is 0 Å². The summed E-state index contributed by atoms with van der Waals surface area (Å²) in [6.07, 6.45) is 3.14. The number of nitrogen functional groups attached to an aromatic ring is 1. The molecule has 16 heavy (non-hydrogen) atoms. The molecule has 0 atom stereocenters. The maximum Gasteiger partial charge on any atom is 0.244 e. The van der Waals surface area contributed by atoms with Crippen molar-refractivity contribution in [3.63, 3.8) is 0 Å². The minimum atomic E-state index is -0.756. The van der Waals surface area contributed by atoms with E-state index < -0.39 is 10.8 Å². The zero-order chi connectivity index (χ0) is 11.5. The first-order valence-electron chi connectivity index (χ1n) is 5.06. The van der Waals surface area contributed by atoms with Gasteiger partial charge in [-0.2, -0.15) is 5.10 Å². The molecule has 7 heteroatoms. The molecule has 1 amide bonds. The van der Waals surface area contributed by atoms with Crippen LogP contribution in [0.4, 0.5) is 5.69 Å². The second-order valence-corrected chi connectivity index (χ2v) is 5.40. The molecule has 1 aliphatic heterocycles. The summed E-state index contributed by atoms with van der Waals surface area (Å²) in [7, 11) is -0.756. The molecule has 0 bridgehead atoms. The van der Waals surface area contributed by atoms with Gasteiger partial charge in [0.15, 0.2) is 0 Å². The molecule has 1 aromatic heterocycles. The predicted octanol–water partition coefficient (Wildman–Crippen LogP) is -0.944. The van der Waals surface area contributed by atoms with Gasteiger partial charge in [-0.25, -0.2) is 0 Å². The van der Waals surface area contributed by atoms with Gasteiger partial charge in [0.25, 0.3) is 0 Å². The summed E-state index contributed by atoms with van der Waals surface area (Å²) >= 11 is 0. The summed E-state index contributed by atoms with van der Waals surface area (Å²) < 4.78 is 12.6. The summed E-state index contributed by atoms with van der Waals surface area (Å²) in [6, 6.07) is 0. The van der Waals surface area contributed by atoms with Crippen molar-refractivity contribution in [2.75, 3.05) is 30.3 Å². The number of aromatic nitrogens is 2. The molecule has 1 aliphatic rings. The van der Waals surface area contributed by atoms with Crippen molar-refractivity contribution in [2.45, 2.75) is 6.54 Å². The summed E-state index contributed by atoms with van der Waals surface area (Å²) in [5.74, 6) is 1.15. The third kappa shape index (κ3) is 2.60. The Kier molecular flexibility index (Phi) is 3.23. The predicted molar refractivity (Wildman–Crippen MR) is 61.1 cm³/mol. The van der Waals surface area contributed by atoms with Gasteiger partial charge in [-0.3, -0.25) is 13.7 Å². The number of hydrogen-bond acceptors (Lipinski definition) is 4. The molecule has 0 aromatic carbocycles. The van der Waals surface area contributed by atoms with Crippen LogP contribution in [0.15, 0.2) is 12.4 Å². The fourth-order valence-electron chi connectivity index (χ4n) is 1.59. The number of amides is 1. The molecule has 2 N–H and O–H groups in total.